The number of aromatic nitrogens is 2. The van der Waals surface area contributed by atoms with Crippen molar-refractivity contribution in [1.82, 2.24) is 9.55 Å². The van der Waals surface area contributed by atoms with Crippen molar-refractivity contribution < 1.29 is 8.42 Å². The zero-order valence-corrected chi connectivity index (χ0v) is 15.0. The molecule has 0 unspecified atom stereocenters. The number of rotatable bonds is 5. The van der Waals surface area contributed by atoms with Crippen LogP contribution in [0.25, 0.3) is 11.0 Å². The molecule has 0 saturated carbocycles. The van der Waals surface area contributed by atoms with E-state index < -0.39 is 10.0 Å². The summed E-state index contributed by atoms with van der Waals surface area (Å²) in [7, 11) is -3.77. The minimum absolute atomic E-state index is 0.200. The van der Waals surface area contributed by atoms with Gasteiger partial charge in [-0.05, 0) is 30.2 Å². The molecule has 0 amide bonds. The van der Waals surface area contributed by atoms with Crippen LogP contribution < -0.4 is 4.72 Å². The molecule has 3 rings (SSSR count). The molecule has 0 aliphatic carbocycles. The number of pyridine rings is 1. The first-order chi connectivity index (χ1) is 11.4. The summed E-state index contributed by atoms with van der Waals surface area (Å²) in [6.45, 7) is 4.84. The quantitative estimate of drug-likeness (QED) is 0.740. The highest BCUT2D eigenvalue weighted by Gasteiger charge is 2.22. The Kier molecular flexibility index (Phi) is 4.51. The Hall–Kier alpha value is -2.05. The summed E-state index contributed by atoms with van der Waals surface area (Å²) in [5, 5.41) is 0.947. The van der Waals surface area contributed by atoms with E-state index in [1.54, 1.807) is 48.8 Å². The lowest BCUT2D eigenvalue weighted by Gasteiger charge is -2.08. The SMILES string of the molecule is CC(C)Cn1cc(S(=O)(=O)Nc2ccccc2Cl)c2cccnc21. The minimum Gasteiger partial charge on any atom is -0.331 e. The van der Waals surface area contributed by atoms with Crippen LogP contribution in [0.1, 0.15) is 13.8 Å². The Morgan fingerprint density at radius 1 is 1.21 bits per heavy atom. The number of halogens is 1. The molecule has 2 aromatic heterocycles. The minimum atomic E-state index is -3.77. The van der Waals surface area contributed by atoms with Gasteiger partial charge < -0.3 is 4.57 Å². The van der Waals surface area contributed by atoms with Gasteiger partial charge in [-0.15, -0.1) is 0 Å². The molecule has 0 fully saturated rings. The molecule has 7 heteroatoms. The first-order valence-corrected chi connectivity index (χ1v) is 9.46. The number of nitrogens with one attached hydrogen (secondary N) is 1. The average Bonchev–Trinajstić information content (AvgIpc) is 2.89. The van der Waals surface area contributed by atoms with Crippen molar-refractivity contribution in [3.8, 4) is 0 Å². The van der Waals surface area contributed by atoms with Crippen molar-refractivity contribution in [1.29, 1.82) is 0 Å². The van der Waals surface area contributed by atoms with E-state index in [1.807, 2.05) is 4.57 Å². The van der Waals surface area contributed by atoms with Gasteiger partial charge in [0.1, 0.15) is 10.5 Å². The summed E-state index contributed by atoms with van der Waals surface area (Å²) in [4.78, 5) is 4.54. The monoisotopic (exact) mass is 363 g/mol. The molecule has 0 saturated heterocycles. The number of para-hydroxylation sites is 1. The van der Waals surface area contributed by atoms with Crippen LogP contribution in [0.5, 0.6) is 0 Å². The molecule has 1 N–H and O–H groups in total. The molecule has 126 valence electrons. The van der Waals surface area contributed by atoms with Crippen molar-refractivity contribution in [3.05, 3.63) is 53.8 Å². The van der Waals surface area contributed by atoms with E-state index in [9.17, 15) is 8.42 Å². The lowest BCUT2D eigenvalue weighted by molar-refractivity contribution is 0.530. The van der Waals surface area contributed by atoms with Crippen molar-refractivity contribution in [2.75, 3.05) is 4.72 Å². The summed E-state index contributed by atoms with van der Waals surface area (Å²) in [6, 6.07) is 10.2. The molecule has 3 aromatic rings. The van der Waals surface area contributed by atoms with Crippen LogP contribution in [-0.2, 0) is 16.6 Å². The summed E-state index contributed by atoms with van der Waals surface area (Å²) < 4.78 is 30.1. The lowest BCUT2D eigenvalue weighted by Crippen LogP contribution is -2.13. The Morgan fingerprint density at radius 2 is 1.96 bits per heavy atom. The maximum Gasteiger partial charge on any atom is 0.264 e. The third-order valence-electron chi connectivity index (χ3n) is 3.57. The van der Waals surface area contributed by atoms with Crippen LogP contribution in [0.2, 0.25) is 5.02 Å². The van der Waals surface area contributed by atoms with E-state index in [-0.39, 0.29) is 4.90 Å². The largest absolute Gasteiger partial charge is 0.331 e. The van der Waals surface area contributed by atoms with Gasteiger partial charge in [0.05, 0.1) is 10.7 Å². The summed E-state index contributed by atoms with van der Waals surface area (Å²) >= 11 is 6.07. The second kappa shape index (κ2) is 6.45. The maximum absolute atomic E-state index is 12.9. The summed E-state index contributed by atoms with van der Waals surface area (Å²) in [5.74, 6) is 0.370. The number of benzene rings is 1. The van der Waals surface area contributed by atoms with E-state index in [4.69, 9.17) is 11.6 Å². The normalized spacial score (nSPS) is 12.0. The molecular weight excluding hydrogens is 346 g/mol. The smallest absolute Gasteiger partial charge is 0.264 e. The highest BCUT2D eigenvalue weighted by Crippen LogP contribution is 2.28. The number of hydrogen-bond donors (Lipinski definition) is 1. The fourth-order valence-electron chi connectivity index (χ4n) is 2.58. The van der Waals surface area contributed by atoms with Gasteiger partial charge in [0.15, 0.2) is 0 Å². The Balaban J connectivity index is 2.09. The van der Waals surface area contributed by atoms with Crippen molar-refractivity contribution in [2.24, 2.45) is 5.92 Å². The zero-order valence-electron chi connectivity index (χ0n) is 13.4. The van der Waals surface area contributed by atoms with Crippen LogP contribution in [-0.4, -0.2) is 18.0 Å². The highest BCUT2D eigenvalue weighted by molar-refractivity contribution is 7.93. The van der Waals surface area contributed by atoms with E-state index in [2.05, 4.69) is 23.6 Å². The number of anilines is 1. The second-order valence-electron chi connectivity index (χ2n) is 6.00. The predicted molar refractivity (Wildman–Crippen MR) is 96.8 cm³/mol. The van der Waals surface area contributed by atoms with E-state index >= 15 is 0 Å². The topological polar surface area (TPSA) is 64.0 Å². The summed E-state index contributed by atoms with van der Waals surface area (Å²) in [6.07, 6.45) is 3.30. The Bertz CT molecular complexity index is 980. The molecular formula is C17H18ClN3O2S. The number of fused-ring (bicyclic) bond motifs is 1. The van der Waals surface area contributed by atoms with E-state index in [0.717, 1.165) is 0 Å². The van der Waals surface area contributed by atoms with Crippen LogP contribution in [0.4, 0.5) is 5.69 Å². The van der Waals surface area contributed by atoms with Gasteiger partial charge in [-0.25, -0.2) is 13.4 Å². The number of hydrogen-bond acceptors (Lipinski definition) is 3. The Morgan fingerprint density at radius 3 is 2.67 bits per heavy atom. The number of sulfonamides is 1. The third-order valence-corrected chi connectivity index (χ3v) is 5.29. The lowest BCUT2D eigenvalue weighted by atomic mass is 10.2. The van der Waals surface area contributed by atoms with Gasteiger partial charge in [-0.3, -0.25) is 4.72 Å². The molecule has 0 radical (unpaired) electrons. The van der Waals surface area contributed by atoms with Gasteiger partial charge >= 0.3 is 0 Å². The van der Waals surface area contributed by atoms with Crippen molar-refractivity contribution in [2.45, 2.75) is 25.3 Å². The zero-order chi connectivity index (χ0) is 17.3. The molecule has 0 spiro atoms. The molecule has 0 aliphatic heterocycles. The van der Waals surface area contributed by atoms with E-state index in [0.29, 0.717) is 34.2 Å². The van der Waals surface area contributed by atoms with Crippen molar-refractivity contribution in [3.63, 3.8) is 0 Å². The first kappa shape index (κ1) is 16.8. The van der Waals surface area contributed by atoms with Crippen LogP contribution in [0.3, 0.4) is 0 Å². The van der Waals surface area contributed by atoms with Gasteiger partial charge in [-0.2, -0.15) is 0 Å². The molecule has 24 heavy (non-hydrogen) atoms. The highest BCUT2D eigenvalue weighted by atomic mass is 35.5. The second-order valence-corrected chi connectivity index (χ2v) is 8.06. The molecule has 0 atom stereocenters. The third kappa shape index (κ3) is 3.25. The molecule has 0 aliphatic rings. The molecule has 0 bridgehead atoms. The van der Waals surface area contributed by atoms with E-state index in [1.165, 1.54) is 0 Å². The maximum atomic E-state index is 12.9. The van der Waals surface area contributed by atoms with Gasteiger partial charge in [-0.1, -0.05) is 37.6 Å². The van der Waals surface area contributed by atoms with Crippen LogP contribution in [0, 0.1) is 5.92 Å². The Labute approximate surface area is 146 Å². The van der Waals surface area contributed by atoms with Gasteiger partial charge in [0, 0.05) is 24.3 Å². The van der Waals surface area contributed by atoms with Crippen LogP contribution >= 0.6 is 11.6 Å². The molecule has 2 heterocycles. The molecule has 1 aromatic carbocycles. The first-order valence-electron chi connectivity index (χ1n) is 7.59. The standard InChI is InChI=1S/C17H18ClN3O2S/c1-12(2)10-21-11-16(13-6-5-9-19-17(13)21)24(22,23)20-15-8-4-3-7-14(15)18/h3-9,11-12,20H,10H2,1-2H3. The fourth-order valence-corrected chi connectivity index (χ4v) is 4.11. The number of nitrogens with zero attached hydrogens (tertiary/aromatic N) is 2. The van der Waals surface area contributed by atoms with Crippen LogP contribution in [0.15, 0.2) is 53.7 Å². The van der Waals surface area contributed by atoms with Gasteiger partial charge in [0.25, 0.3) is 10.0 Å². The molecule has 5 nitrogen and oxygen atoms in total. The van der Waals surface area contributed by atoms with Crippen molar-refractivity contribution >= 4 is 38.3 Å². The summed E-state index contributed by atoms with van der Waals surface area (Å²) in [5.41, 5.74) is 1.01. The fraction of sp³-hybridized carbons (Fsp3) is 0.235. The van der Waals surface area contributed by atoms with Gasteiger partial charge in [0.2, 0.25) is 0 Å². The average molecular weight is 364 g/mol. The predicted octanol–water partition coefficient (Wildman–Crippen LogP) is 4.15.